The minimum atomic E-state index is -3.70. The van der Waals surface area contributed by atoms with Crippen molar-refractivity contribution in [2.24, 2.45) is 0 Å². The fraction of sp³-hybridized carbons (Fsp3) is 0.188. The van der Waals surface area contributed by atoms with E-state index in [0.717, 1.165) is 0 Å². The standard InChI is InChI=1S/C16H15ClN3O2S/c17-12-7-8-14-15(11-12)20(10-4-9-18)19-16(14)23(21,22)13-5-2-1-3-6-13/h1-3,5-8,11,18H,4,9-10H2. The monoisotopic (exact) mass is 348 g/mol. The van der Waals surface area contributed by atoms with Crippen molar-refractivity contribution < 1.29 is 8.42 Å². The van der Waals surface area contributed by atoms with Gasteiger partial charge in [0.15, 0.2) is 5.03 Å². The van der Waals surface area contributed by atoms with Crippen LogP contribution in [0.1, 0.15) is 6.42 Å². The highest BCUT2D eigenvalue weighted by Gasteiger charge is 2.25. The summed E-state index contributed by atoms with van der Waals surface area (Å²) in [5.74, 6) is 0. The van der Waals surface area contributed by atoms with Crippen molar-refractivity contribution >= 4 is 32.3 Å². The number of hydrogen-bond donors (Lipinski definition) is 0. The quantitative estimate of drug-likeness (QED) is 0.710. The van der Waals surface area contributed by atoms with Gasteiger partial charge < -0.3 is 0 Å². The molecule has 23 heavy (non-hydrogen) atoms. The summed E-state index contributed by atoms with van der Waals surface area (Å²) in [6.45, 7) is 0.730. The SMILES string of the molecule is [NH]CCCn1nc(S(=O)(=O)c2ccccc2)c2ccc(Cl)cc21. The van der Waals surface area contributed by atoms with Crippen LogP contribution >= 0.6 is 11.6 Å². The molecule has 0 aliphatic carbocycles. The highest BCUT2D eigenvalue weighted by atomic mass is 35.5. The van der Waals surface area contributed by atoms with E-state index < -0.39 is 9.84 Å². The van der Waals surface area contributed by atoms with Crippen LogP contribution in [0.4, 0.5) is 0 Å². The first-order valence-corrected chi connectivity index (χ1v) is 9.01. The first-order valence-electron chi connectivity index (χ1n) is 7.15. The normalized spacial score (nSPS) is 11.9. The van der Waals surface area contributed by atoms with E-state index in [9.17, 15) is 8.42 Å². The van der Waals surface area contributed by atoms with Crippen molar-refractivity contribution in [3.05, 3.63) is 53.6 Å². The molecule has 3 aromatic rings. The number of sulfone groups is 1. The molecule has 0 aliphatic rings. The Balaban J connectivity index is 2.22. The maximum absolute atomic E-state index is 12.9. The van der Waals surface area contributed by atoms with Crippen LogP contribution in [0.5, 0.6) is 0 Å². The summed E-state index contributed by atoms with van der Waals surface area (Å²) in [5, 5.41) is 5.40. The largest absolute Gasteiger partial charge is 0.263 e. The number of nitrogens with zero attached hydrogens (tertiary/aromatic N) is 2. The molecular weight excluding hydrogens is 334 g/mol. The van der Waals surface area contributed by atoms with Gasteiger partial charge in [0, 0.05) is 23.5 Å². The van der Waals surface area contributed by atoms with Crippen LogP contribution < -0.4 is 5.73 Å². The number of aromatic nitrogens is 2. The molecule has 0 aliphatic heterocycles. The molecule has 0 fully saturated rings. The zero-order chi connectivity index (χ0) is 16.4. The van der Waals surface area contributed by atoms with Crippen molar-refractivity contribution in [3.8, 4) is 0 Å². The number of halogens is 1. The fourth-order valence-corrected chi connectivity index (χ4v) is 4.00. The number of rotatable bonds is 5. The summed E-state index contributed by atoms with van der Waals surface area (Å²) in [5.41, 5.74) is 7.95. The molecule has 1 aromatic heterocycles. The topological polar surface area (TPSA) is 75.8 Å². The average Bonchev–Trinajstić information content (AvgIpc) is 2.92. The van der Waals surface area contributed by atoms with Gasteiger partial charge in [-0.05, 0) is 36.8 Å². The third kappa shape index (κ3) is 2.97. The van der Waals surface area contributed by atoms with Gasteiger partial charge in [-0.1, -0.05) is 29.8 Å². The lowest BCUT2D eigenvalue weighted by Crippen LogP contribution is -2.06. The smallest absolute Gasteiger partial charge is 0.226 e. The fourth-order valence-electron chi connectivity index (χ4n) is 2.43. The first kappa shape index (κ1) is 16.0. The second-order valence-electron chi connectivity index (χ2n) is 5.11. The van der Waals surface area contributed by atoms with Gasteiger partial charge in [-0.3, -0.25) is 10.4 Å². The molecule has 3 rings (SSSR count). The Morgan fingerprint density at radius 1 is 1.13 bits per heavy atom. The number of fused-ring (bicyclic) bond motifs is 1. The molecular formula is C16H15ClN3O2S. The van der Waals surface area contributed by atoms with Crippen molar-refractivity contribution in [2.75, 3.05) is 6.54 Å². The Morgan fingerprint density at radius 3 is 2.57 bits per heavy atom. The number of nitrogens with one attached hydrogen (secondary N) is 1. The molecule has 0 saturated carbocycles. The number of aryl methyl sites for hydroxylation is 1. The van der Waals surface area contributed by atoms with E-state index in [-0.39, 0.29) is 16.5 Å². The van der Waals surface area contributed by atoms with Crippen LogP contribution in [-0.2, 0) is 16.4 Å². The van der Waals surface area contributed by atoms with E-state index in [1.54, 1.807) is 53.2 Å². The molecule has 1 N–H and O–H groups in total. The van der Waals surface area contributed by atoms with Gasteiger partial charge in [0.2, 0.25) is 9.84 Å². The summed E-state index contributed by atoms with van der Waals surface area (Å²) in [7, 11) is -3.70. The zero-order valence-electron chi connectivity index (χ0n) is 12.2. The van der Waals surface area contributed by atoms with Crippen molar-refractivity contribution in [1.29, 1.82) is 0 Å². The van der Waals surface area contributed by atoms with E-state index in [1.807, 2.05) is 0 Å². The third-order valence-electron chi connectivity index (χ3n) is 3.53. The molecule has 5 nitrogen and oxygen atoms in total. The molecule has 119 valence electrons. The lowest BCUT2D eigenvalue weighted by Gasteiger charge is -2.01. The minimum Gasteiger partial charge on any atom is -0.263 e. The highest BCUT2D eigenvalue weighted by Crippen LogP contribution is 2.29. The molecule has 0 amide bonds. The molecule has 7 heteroatoms. The Kier molecular flexibility index (Phi) is 4.39. The predicted molar refractivity (Wildman–Crippen MR) is 89.2 cm³/mol. The third-order valence-corrected chi connectivity index (χ3v) is 5.47. The highest BCUT2D eigenvalue weighted by molar-refractivity contribution is 7.91. The van der Waals surface area contributed by atoms with Crippen LogP contribution in [0, 0.1) is 0 Å². The Hall–Kier alpha value is -1.89. The second kappa shape index (κ2) is 6.31. The van der Waals surface area contributed by atoms with Gasteiger partial charge in [0.1, 0.15) is 0 Å². The van der Waals surface area contributed by atoms with E-state index in [4.69, 9.17) is 17.3 Å². The lowest BCUT2D eigenvalue weighted by molar-refractivity contribution is 0.566. The maximum atomic E-state index is 12.9. The summed E-state index contributed by atoms with van der Waals surface area (Å²) < 4.78 is 27.4. The Morgan fingerprint density at radius 2 is 1.87 bits per heavy atom. The van der Waals surface area contributed by atoms with E-state index in [0.29, 0.717) is 28.9 Å². The van der Waals surface area contributed by atoms with Crippen LogP contribution in [0.2, 0.25) is 5.02 Å². The summed E-state index contributed by atoms with van der Waals surface area (Å²) in [6.07, 6.45) is 0.591. The number of hydrogen-bond acceptors (Lipinski definition) is 3. The molecule has 0 bridgehead atoms. The van der Waals surface area contributed by atoms with Crippen molar-refractivity contribution in [1.82, 2.24) is 15.5 Å². The molecule has 1 heterocycles. The van der Waals surface area contributed by atoms with Gasteiger partial charge in [-0.15, -0.1) is 0 Å². The molecule has 0 spiro atoms. The minimum absolute atomic E-state index is 0.0281. The molecule has 0 unspecified atom stereocenters. The molecule has 0 saturated heterocycles. The predicted octanol–water partition coefficient (Wildman–Crippen LogP) is 3.20. The summed E-state index contributed by atoms with van der Waals surface area (Å²) in [6, 6.07) is 13.3. The Bertz CT molecular complexity index is 937. The first-order chi connectivity index (χ1) is 11.0. The van der Waals surface area contributed by atoms with Gasteiger partial charge in [0.05, 0.1) is 10.4 Å². The van der Waals surface area contributed by atoms with E-state index in [2.05, 4.69) is 5.10 Å². The maximum Gasteiger partial charge on any atom is 0.226 e. The van der Waals surface area contributed by atoms with Crippen molar-refractivity contribution in [3.63, 3.8) is 0 Å². The second-order valence-corrected chi connectivity index (χ2v) is 7.41. The van der Waals surface area contributed by atoms with Crippen LogP contribution in [-0.4, -0.2) is 24.7 Å². The number of benzene rings is 2. The summed E-state index contributed by atoms with van der Waals surface area (Å²) in [4.78, 5) is 0.210. The molecule has 0 atom stereocenters. The lowest BCUT2D eigenvalue weighted by atomic mass is 10.2. The van der Waals surface area contributed by atoms with Crippen molar-refractivity contribution in [2.45, 2.75) is 22.9 Å². The van der Waals surface area contributed by atoms with Gasteiger partial charge in [0.25, 0.3) is 0 Å². The van der Waals surface area contributed by atoms with Crippen LogP contribution in [0.25, 0.3) is 10.9 Å². The summed E-state index contributed by atoms with van der Waals surface area (Å²) >= 11 is 6.04. The van der Waals surface area contributed by atoms with Gasteiger partial charge in [-0.25, -0.2) is 8.42 Å². The Labute approximate surface area is 139 Å². The average molecular weight is 349 g/mol. The van der Waals surface area contributed by atoms with Gasteiger partial charge >= 0.3 is 0 Å². The van der Waals surface area contributed by atoms with E-state index in [1.165, 1.54) is 0 Å². The molecule has 2 aromatic carbocycles. The van der Waals surface area contributed by atoms with Crippen LogP contribution in [0.3, 0.4) is 0 Å². The van der Waals surface area contributed by atoms with E-state index >= 15 is 0 Å². The van der Waals surface area contributed by atoms with Gasteiger partial charge in [-0.2, -0.15) is 5.10 Å². The molecule has 1 radical (unpaired) electrons. The zero-order valence-corrected chi connectivity index (χ0v) is 13.8. The van der Waals surface area contributed by atoms with Crippen LogP contribution in [0.15, 0.2) is 58.5 Å².